The Morgan fingerprint density at radius 2 is 1.69 bits per heavy atom. The number of nitrogens with one attached hydrogen (secondary N) is 2. The van der Waals surface area contributed by atoms with E-state index in [2.05, 4.69) is 10.6 Å². The first kappa shape index (κ1) is 27.7. The molecule has 0 unspecified atom stereocenters. The van der Waals surface area contributed by atoms with Gasteiger partial charge in [0, 0.05) is 23.5 Å². The van der Waals surface area contributed by atoms with Crippen LogP contribution in [0, 0.1) is 6.92 Å². The van der Waals surface area contributed by atoms with Crippen molar-refractivity contribution in [2.24, 2.45) is 0 Å². The van der Waals surface area contributed by atoms with E-state index in [1.54, 1.807) is 35.2 Å². The first-order chi connectivity index (χ1) is 18.5. The number of alkyl halides is 3. The number of urea groups is 1. The van der Waals surface area contributed by atoms with Crippen LogP contribution in [0.15, 0.2) is 60.7 Å². The standard InChI is InChI=1S/C29H28F3N3O4/c1-4-6-25(27(37)39-3)35-16-24-17(2)13-19(14-23(24)26(35)36)18-9-11-21(12-10-18)33-28(38)34-22-8-5-7-20(15-22)29(30,31)32/h5,7-15,25H,4,6,16H2,1-3H3,(H2,33,34,38)/t25-/m0/s1. The minimum atomic E-state index is -4.51. The Morgan fingerprint density at radius 1 is 1.00 bits per heavy atom. The van der Waals surface area contributed by atoms with Gasteiger partial charge in [-0.25, -0.2) is 9.59 Å². The molecule has 0 aliphatic carbocycles. The third-order valence-corrected chi connectivity index (χ3v) is 6.63. The van der Waals surface area contributed by atoms with E-state index in [0.29, 0.717) is 24.2 Å². The summed E-state index contributed by atoms with van der Waals surface area (Å²) in [6.07, 6.45) is -3.28. The highest BCUT2D eigenvalue weighted by atomic mass is 19.4. The number of aryl methyl sites for hydroxylation is 1. The summed E-state index contributed by atoms with van der Waals surface area (Å²) in [5.41, 5.74) is 3.52. The number of hydrogen-bond acceptors (Lipinski definition) is 4. The Hall–Kier alpha value is -4.34. The second-order valence-corrected chi connectivity index (χ2v) is 9.31. The molecule has 0 bridgehead atoms. The fraction of sp³-hybridized carbons (Fsp3) is 0.276. The Labute approximate surface area is 224 Å². The number of amides is 3. The number of nitrogens with zero attached hydrogens (tertiary/aromatic N) is 1. The highest BCUT2D eigenvalue weighted by molar-refractivity contribution is 6.02. The summed E-state index contributed by atoms with van der Waals surface area (Å²) < 4.78 is 43.7. The third-order valence-electron chi connectivity index (χ3n) is 6.63. The molecular weight excluding hydrogens is 511 g/mol. The van der Waals surface area contributed by atoms with Crippen LogP contribution in [0.3, 0.4) is 0 Å². The van der Waals surface area contributed by atoms with E-state index in [1.807, 2.05) is 19.9 Å². The molecule has 1 atom stereocenters. The second kappa shape index (κ2) is 11.2. The Kier molecular flexibility index (Phi) is 7.94. The molecule has 2 N–H and O–H groups in total. The number of hydrogen-bond donors (Lipinski definition) is 2. The largest absolute Gasteiger partial charge is 0.467 e. The van der Waals surface area contributed by atoms with Crippen molar-refractivity contribution < 1.29 is 32.3 Å². The number of anilines is 2. The van der Waals surface area contributed by atoms with Crippen LogP contribution >= 0.6 is 0 Å². The van der Waals surface area contributed by atoms with E-state index in [0.717, 1.165) is 40.8 Å². The average Bonchev–Trinajstić information content (AvgIpc) is 3.23. The lowest BCUT2D eigenvalue weighted by atomic mass is 9.96. The van der Waals surface area contributed by atoms with Crippen LogP contribution < -0.4 is 10.6 Å². The topological polar surface area (TPSA) is 87.7 Å². The first-order valence-corrected chi connectivity index (χ1v) is 12.4. The van der Waals surface area contributed by atoms with Gasteiger partial charge in [0.25, 0.3) is 5.91 Å². The number of benzene rings is 3. The maximum absolute atomic E-state index is 13.3. The van der Waals surface area contributed by atoms with Gasteiger partial charge in [-0.1, -0.05) is 37.6 Å². The molecule has 1 heterocycles. The Morgan fingerprint density at radius 3 is 2.33 bits per heavy atom. The van der Waals surface area contributed by atoms with Crippen molar-refractivity contribution in [3.8, 4) is 11.1 Å². The van der Waals surface area contributed by atoms with Gasteiger partial charge in [0.05, 0.1) is 12.7 Å². The maximum Gasteiger partial charge on any atom is 0.416 e. The Balaban J connectivity index is 1.48. The zero-order chi connectivity index (χ0) is 28.3. The quantitative estimate of drug-likeness (QED) is 0.330. The molecule has 0 fully saturated rings. The minimum Gasteiger partial charge on any atom is -0.467 e. The molecular formula is C29H28F3N3O4. The number of methoxy groups -OCH3 is 1. The third kappa shape index (κ3) is 6.05. The first-order valence-electron chi connectivity index (χ1n) is 12.4. The van der Waals surface area contributed by atoms with Crippen LogP contribution in [-0.2, 0) is 22.3 Å². The van der Waals surface area contributed by atoms with E-state index in [4.69, 9.17) is 4.74 Å². The molecule has 3 aromatic rings. The molecule has 1 aliphatic rings. The van der Waals surface area contributed by atoms with Crippen LogP contribution in [0.5, 0.6) is 0 Å². The Bertz CT molecular complexity index is 1400. The van der Waals surface area contributed by atoms with Crippen molar-refractivity contribution in [1.82, 2.24) is 4.90 Å². The number of esters is 1. The molecule has 0 aromatic heterocycles. The van der Waals surface area contributed by atoms with Crippen LogP contribution in [0.4, 0.5) is 29.3 Å². The normalized spacial score (nSPS) is 13.6. The molecule has 7 nitrogen and oxygen atoms in total. The van der Waals surface area contributed by atoms with E-state index in [-0.39, 0.29) is 11.6 Å². The smallest absolute Gasteiger partial charge is 0.416 e. The summed E-state index contributed by atoms with van der Waals surface area (Å²) in [5.74, 6) is -0.653. The van der Waals surface area contributed by atoms with Gasteiger partial charge < -0.3 is 20.3 Å². The number of halogens is 3. The lowest BCUT2D eigenvalue weighted by Gasteiger charge is -2.25. The molecule has 0 saturated heterocycles. The van der Waals surface area contributed by atoms with E-state index in [9.17, 15) is 27.6 Å². The van der Waals surface area contributed by atoms with Gasteiger partial charge in [0.2, 0.25) is 0 Å². The monoisotopic (exact) mass is 539 g/mol. The van der Waals surface area contributed by atoms with Crippen LogP contribution in [0.1, 0.15) is 46.8 Å². The van der Waals surface area contributed by atoms with E-state index >= 15 is 0 Å². The molecule has 10 heteroatoms. The van der Waals surface area contributed by atoms with Crippen molar-refractivity contribution in [2.45, 2.75) is 45.5 Å². The van der Waals surface area contributed by atoms with Crippen molar-refractivity contribution in [3.63, 3.8) is 0 Å². The van der Waals surface area contributed by atoms with E-state index in [1.165, 1.54) is 19.2 Å². The summed E-state index contributed by atoms with van der Waals surface area (Å²) in [4.78, 5) is 39.5. The van der Waals surface area contributed by atoms with Crippen molar-refractivity contribution in [1.29, 1.82) is 0 Å². The van der Waals surface area contributed by atoms with Crippen molar-refractivity contribution in [3.05, 3.63) is 82.9 Å². The molecule has 0 saturated carbocycles. The summed E-state index contributed by atoms with van der Waals surface area (Å²) in [7, 11) is 1.32. The SMILES string of the molecule is CCC[C@@H](C(=O)OC)N1Cc2c(C)cc(-c3ccc(NC(=O)Nc4cccc(C(F)(F)F)c4)cc3)cc2C1=O. The van der Waals surface area contributed by atoms with Gasteiger partial charge in [-0.2, -0.15) is 13.2 Å². The zero-order valence-electron chi connectivity index (χ0n) is 21.7. The summed E-state index contributed by atoms with van der Waals surface area (Å²) >= 11 is 0. The molecule has 1 aliphatic heterocycles. The van der Waals surface area contributed by atoms with Gasteiger partial charge in [0.1, 0.15) is 6.04 Å². The van der Waals surface area contributed by atoms with Gasteiger partial charge >= 0.3 is 18.2 Å². The number of fused-ring (bicyclic) bond motifs is 1. The summed E-state index contributed by atoms with van der Waals surface area (Å²) in [6.45, 7) is 4.20. The number of carbonyl (C=O) groups excluding carboxylic acids is 3. The summed E-state index contributed by atoms with van der Waals surface area (Å²) in [6, 6.07) is 13.7. The number of rotatable bonds is 7. The predicted molar refractivity (Wildman–Crippen MR) is 141 cm³/mol. The zero-order valence-corrected chi connectivity index (χ0v) is 21.7. The fourth-order valence-electron chi connectivity index (χ4n) is 4.66. The highest BCUT2D eigenvalue weighted by Crippen LogP contribution is 2.34. The molecule has 3 amide bonds. The molecule has 39 heavy (non-hydrogen) atoms. The molecule has 4 rings (SSSR count). The average molecular weight is 540 g/mol. The predicted octanol–water partition coefficient (Wildman–Crippen LogP) is 6.62. The van der Waals surface area contributed by atoms with Gasteiger partial charge in [-0.15, -0.1) is 0 Å². The summed E-state index contributed by atoms with van der Waals surface area (Å²) in [5, 5.41) is 5.00. The van der Waals surface area contributed by atoms with Gasteiger partial charge in [0.15, 0.2) is 0 Å². The fourth-order valence-corrected chi connectivity index (χ4v) is 4.66. The van der Waals surface area contributed by atoms with Crippen LogP contribution in [0.25, 0.3) is 11.1 Å². The molecule has 0 radical (unpaired) electrons. The van der Waals surface area contributed by atoms with Crippen LogP contribution in [-0.4, -0.2) is 36.0 Å². The van der Waals surface area contributed by atoms with Crippen molar-refractivity contribution >= 4 is 29.3 Å². The van der Waals surface area contributed by atoms with E-state index < -0.39 is 29.8 Å². The molecule has 204 valence electrons. The molecule has 0 spiro atoms. The maximum atomic E-state index is 13.3. The number of carbonyl (C=O) groups is 3. The second-order valence-electron chi connectivity index (χ2n) is 9.31. The number of ether oxygens (including phenoxy) is 1. The lowest BCUT2D eigenvalue weighted by molar-refractivity contribution is -0.146. The lowest BCUT2D eigenvalue weighted by Crippen LogP contribution is -2.42. The molecule has 3 aromatic carbocycles. The van der Waals surface area contributed by atoms with Gasteiger partial charge in [-0.05, 0) is 72.0 Å². The van der Waals surface area contributed by atoms with Gasteiger partial charge in [-0.3, -0.25) is 4.79 Å². The minimum absolute atomic E-state index is 0.0136. The van der Waals surface area contributed by atoms with Crippen LogP contribution in [0.2, 0.25) is 0 Å². The highest BCUT2D eigenvalue weighted by Gasteiger charge is 2.37. The van der Waals surface area contributed by atoms with Crippen molar-refractivity contribution in [2.75, 3.05) is 17.7 Å².